The quantitative estimate of drug-likeness (QED) is 0.698. The van der Waals surface area contributed by atoms with E-state index >= 15 is 0 Å². The summed E-state index contributed by atoms with van der Waals surface area (Å²) >= 11 is 4.83. The summed E-state index contributed by atoms with van der Waals surface area (Å²) in [5.41, 5.74) is 1.39. The van der Waals surface area contributed by atoms with Crippen LogP contribution in [0.4, 0.5) is 4.39 Å². The van der Waals surface area contributed by atoms with Gasteiger partial charge in [-0.05, 0) is 40.1 Å². The average molecular weight is 351 g/mol. The topological polar surface area (TPSA) is 20.2 Å². The lowest BCUT2D eigenvalue weighted by molar-refractivity contribution is 0.179. The van der Waals surface area contributed by atoms with Crippen LogP contribution in [0.1, 0.15) is 17.2 Å². The zero-order chi connectivity index (χ0) is 14.1. The highest BCUT2D eigenvalue weighted by molar-refractivity contribution is 9.10. The summed E-state index contributed by atoms with van der Waals surface area (Å²) in [6.45, 7) is 0. The van der Waals surface area contributed by atoms with Gasteiger partial charge in [-0.15, -0.1) is 11.3 Å². The van der Waals surface area contributed by atoms with Crippen LogP contribution in [0, 0.1) is 5.82 Å². The molecule has 1 atom stereocenters. The lowest BCUT2D eigenvalue weighted by Crippen LogP contribution is -2.03. The molecule has 2 aromatic carbocycles. The lowest BCUT2D eigenvalue weighted by Gasteiger charge is -2.11. The molecule has 0 aliphatic rings. The first kappa shape index (κ1) is 13.7. The number of halogens is 2. The third kappa shape index (κ3) is 2.64. The molecule has 102 valence electrons. The molecule has 0 bridgehead atoms. The average Bonchev–Trinajstić information content (AvgIpc) is 2.86. The molecule has 0 aliphatic heterocycles. The molecule has 3 aromatic rings. The number of fused-ring (bicyclic) bond motifs is 1. The molecule has 0 saturated heterocycles. The van der Waals surface area contributed by atoms with Crippen LogP contribution in [-0.2, 0) is 6.42 Å². The molecule has 1 N–H and O–H groups in total. The fraction of sp³-hybridized carbons (Fsp3) is 0.125. The maximum Gasteiger partial charge on any atom is 0.127 e. The number of aliphatic hydroxyl groups is 1. The van der Waals surface area contributed by atoms with Crippen LogP contribution in [0.5, 0.6) is 0 Å². The highest BCUT2D eigenvalue weighted by Gasteiger charge is 2.15. The Kier molecular flexibility index (Phi) is 3.87. The number of thiophene rings is 1. The van der Waals surface area contributed by atoms with Gasteiger partial charge < -0.3 is 5.11 Å². The van der Waals surface area contributed by atoms with Crippen LogP contribution in [0.25, 0.3) is 10.1 Å². The molecule has 0 spiro atoms. The summed E-state index contributed by atoms with van der Waals surface area (Å²) in [6, 6.07) is 12.9. The van der Waals surface area contributed by atoms with Crippen LogP contribution in [0.15, 0.2) is 52.3 Å². The van der Waals surface area contributed by atoms with E-state index in [1.54, 1.807) is 23.5 Å². The zero-order valence-corrected chi connectivity index (χ0v) is 12.9. The normalized spacial score (nSPS) is 12.8. The van der Waals surface area contributed by atoms with Crippen molar-refractivity contribution in [3.63, 3.8) is 0 Å². The standard InChI is InChI=1S/C16H12BrFOS/c17-11-6-5-10(14(18)8-11)7-15(19)13-9-20-16-4-2-1-3-12(13)16/h1-6,8-9,15,19H,7H2. The van der Waals surface area contributed by atoms with Crippen molar-refractivity contribution in [3.8, 4) is 0 Å². The van der Waals surface area contributed by atoms with Gasteiger partial charge >= 0.3 is 0 Å². The number of benzene rings is 2. The molecule has 0 aliphatic carbocycles. The Morgan fingerprint density at radius 3 is 2.80 bits per heavy atom. The molecule has 4 heteroatoms. The Bertz CT molecular complexity index is 753. The fourth-order valence-corrected chi connectivity index (χ4v) is 3.60. The first-order chi connectivity index (χ1) is 9.65. The van der Waals surface area contributed by atoms with Gasteiger partial charge in [-0.3, -0.25) is 0 Å². The molecule has 1 aromatic heterocycles. The van der Waals surface area contributed by atoms with E-state index in [9.17, 15) is 9.50 Å². The zero-order valence-electron chi connectivity index (χ0n) is 10.5. The smallest absolute Gasteiger partial charge is 0.127 e. The highest BCUT2D eigenvalue weighted by Crippen LogP contribution is 2.32. The molecule has 1 heterocycles. The van der Waals surface area contributed by atoms with Gasteiger partial charge in [0.1, 0.15) is 5.82 Å². The maximum atomic E-state index is 13.8. The van der Waals surface area contributed by atoms with E-state index in [2.05, 4.69) is 15.9 Å². The minimum absolute atomic E-state index is 0.278. The van der Waals surface area contributed by atoms with Gasteiger partial charge in [0.2, 0.25) is 0 Å². The fourth-order valence-electron chi connectivity index (χ4n) is 2.26. The molecular formula is C16H12BrFOS. The Balaban J connectivity index is 1.91. The highest BCUT2D eigenvalue weighted by atomic mass is 79.9. The first-order valence-corrected chi connectivity index (χ1v) is 7.90. The third-order valence-corrected chi connectivity index (χ3v) is 4.77. The van der Waals surface area contributed by atoms with E-state index in [0.29, 0.717) is 10.0 Å². The van der Waals surface area contributed by atoms with E-state index in [1.807, 2.05) is 29.6 Å². The predicted molar refractivity (Wildman–Crippen MR) is 84.6 cm³/mol. The van der Waals surface area contributed by atoms with Gasteiger partial charge in [0.05, 0.1) is 6.10 Å². The second-order valence-electron chi connectivity index (χ2n) is 4.64. The van der Waals surface area contributed by atoms with E-state index in [4.69, 9.17) is 0 Å². The molecular weight excluding hydrogens is 339 g/mol. The molecule has 3 rings (SSSR count). The monoisotopic (exact) mass is 350 g/mol. The van der Waals surface area contributed by atoms with E-state index in [1.165, 1.54) is 6.07 Å². The van der Waals surface area contributed by atoms with E-state index in [-0.39, 0.29) is 12.2 Å². The summed E-state index contributed by atoms with van der Waals surface area (Å²) in [7, 11) is 0. The number of aliphatic hydroxyl groups excluding tert-OH is 1. The summed E-state index contributed by atoms with van der Waals surface area (Å²) < 4.78 is 15.7. The van der Waals surface area contributed by atoms with Crippen molar-refractivity contribution >= 4 is 37.4 Å². The molecule has 0 amide bonds. The van der Waals surface area contributed by atoms with Crippen molar-refractivity contribution in [3.05, 3.63) is 69.3 Å². The van der Waals surface area contributed by atoms with Crippen molar-refractivity contribution in [2.24, 2.45) is 0 Å². The largest absolute Gasteiger partial charge is 0.388 e. The molecule has 0 saturated carbocycles. The van der Waals surface area contributed by atoms with Crippen molar-refractivity contribution in [1.29, 1.82) is 0 Å². The summed E-state index contributed by atoms with van der Waals surface area (Å²) in [5.74, 6) is -0.294. The second-order valence-corrected chi connectivity index (χ2v) is 6.47. The van der Waals surface area contributed by atoms with Crippen LogP contribution in [0.3, 0.4) is 0 Å². The van der Waals surface area contributed by atoms with Crippen LogP contribution >= 0.6 is 27.3 Å². The number of rotatable bonds is 3. The van der Waals surface area contributed by atoms with Crippen molar-refractivity contribution in [1.82, 2.24) is 0 Å². The van der Waals surface area contributed by atoms with E-state index < -0.39 is 6.10 Å². The minimum atomic E-state index is -0.693. The SMILES string of the molecule is OC(Cc1ccc(Br)cc1F)c1csc2ccccc12. The predicted octanol–water partition coefficient (Wildman–Crippen LogP) is 5.08. The van der Waals surface area contributed by atoms with Gasteiger partial charge in [-0.2, -0.15) is 0 Å². The summed E-state index contributed by atoms with van der Waals surface area (Å²) in [5, 5.41) is 13.4. The molecule has 1 nitrogen and oxygen atoms in total. The molecule has 1 unspecified atom stereocenters. The Labute approximate surface area is 128 Å². The van der Waals surface area contributed by atoms with Gasteiger partial charge in [-0.25, -0.2) is 4.39 Å². The molecule has 20 heavy (non-hydrogen) atoms. The Hall–Kier alpha value is -1.23. The number of hydrogen-bond acceptors (Lipinski definition) is 2. The summed E-state index contributed by atoms with van der Waals surface area (Å²) in [4.78, 5) is 0. The van der Waals surface area contributed by atoms with Crippen molar-refractivity contribution in [2.45, 2.75) is 12.5 Å². The van der Waals surface area contributed by atoms with Crippen molar-refractivity contribution < 1.29 is 9.50 Å². The maximum absolute atomic E-state index is 13.8. The van der Waals surface area contributed by atoms with Gasteiger partial charge in [0.25, 0.3) is 0 Å². The third-order valence-electron chi connectivity index (χ3n) is 3.30. The van der Waals surface area contributed by atoms with Crippen LogP contribution in [-0.4, -0.2) is 5.11 Å². The van der Waals surface area contributed by atoms with Gasteiger partial charge in [0.15, 0.2) is 0 Å². The number of hydrogen-bond donors (Lipinski definition) is 1. The molecule has 0 radical (unpaired) electrons. The van der Waals surface area contributed by atoms with Gasteiger partial charge in [0, 0.05) is 15.6 Å². The second kappa shape index (κ2) is 5.64. The van der Waals surface area contributed by atoms with E-state index in [0.717, 1.165) is 15.6 Å². The van der Waals surface area contributed by atoms with Crippen molar-refractivity contribution in [2.75, 3.05) is 0 Å². The summed E-state index contributed by atoms with van der Waals surface area (Å²) in [6.07, 6.45) is -0.415. The Morgan fingerprint density at radius 1 is 1.20 bits per heavy atom. The Morgan fingerprint density at radius 2 is 2.00 bits per heavy atom. The van der Waals surface area contributed by atoms with Crippen LogP contribution in [0.2, 0.25) is 0 Å². The van der Waals surface area contributed by atoms with Crippen LogP contribution < -0.4 is 0 Å². The lowest BCUT2D eigenvalue weighted by atomic mass is 10.0. The minimum Gasteiger partial charge on any atom is -0.388 e. The van der Waals surface area contributed by atoms with Gasteiger partial charge in [-0.1, -0.05) is 40.2 Å². The molecule has 0 fully saturated rings. The first-order valence-electron chi connectivity index (χ1n) is 6.23.